The van der Waals surface area contributed by atoms with Crippen LogP contribution in [0.5, 0.6) is 0 Å². The molecule has 40 heavy (non-hydrogen) atoms. The van der Waals surface area contributed by atoms with Crippen LogP contribution in [0, 0.1) is 6.92 Å². The van der Waals surface area contributed by atoms with Gasteiger partial charge in [-0.05, 0) is 61.5 Å². The van der Waals surface area contributed by atoms with Crippen molar-refractivity contribution in [3.05, 3.63) is 95.1 Å². The molecule has 3 N–H and O–H groups in total. The SMILES string of the molecule is Cc1ccc(-c2nc3ccc(C(=O)OCC(=O)Nc4ccc(S(=O)(=O)Nc5ccc(Cl)nn5)cc4)cc3[nH]2)cc1. The molecule has 0 aliphatic rings. The lowest BCUT2D eigenvalue weighted by molar-refractivity contribution is -0.119. The number of hydrogen-bond donors (Lipinski definition) is 3. The minimum Gasteiger partial charge on any atom is -0.452 e. The molecule has 5 rings (SSSR count). The number of halogens is 1. The Kier molecular flexibility index (Phi) is 7.45. The lowest BCUT2D eigenvalue weighted by atomic mass is 10.1. The standard InChI is InChI=1S/C27H21ClN6O5S/c1-16-2-4-17(5-3-16)26-30-21-11-6-18(14-22(21)31-26)27(36)39-15-25(35)29-19-7-9-20(10-8-19)40(37,38)34-24-13-12-23(28)32-33-24/h2-14H,15H2,1H3,(H,29,35)(H,30,31)(H,33,34). The maximum atomic E-state index is 12.6. The third kappa shape index (κ3) is 6.25. The molecule has 0 unspecified atom stereocenters. The maximum Gasteiger partial charge on any atom is 0.338 e. The zero-order valence-corrected chi connectivity index (χ0v) is 22.5. The Labute approximate surface area is 233 Å². The van der Waals surface area contributed by atoms with Gasteiger partial charge in [-0.15, -0.1) is 10.2 Å². The number of nitrogens with zero attached hydrogens (tertiary/aromatic N) is 3. The Balaban J connectivity index is 1.17. The number of rotatable bonds is 8. The molecule has 0 fully saturated rings. The number of aromatic amines is 1. The average Bonchev–Trinajstić information content (AvgIpc) is 3.37. The number of benzene rings is 3. The first-order chi connectivity index (χ1) is 19.2. The number of ether oxygens (including phenoxy) is 1. The number of H-pyrrole nitrogens is 1. The highest BCUT2D eigenvalue weighted by Crippen LogP contribution is 2.22. The Bertz CT molecular complexity index is 1810. The first-order valence-electron chi connectivity index (χ1n) is 11.8. The van der Waals surface area contributed by atoms with Crippen LogP contribution in [0.4, 0.5) is 11.5 Å². The third-order valence-corrected chi connectivity index (χ3v) is 7.27. The number of sulfonamides is 1. The molecule has 13 heteroatoms. The van der Waals surface area contributed by atoms with Crippen LogP contribution in [0.25, 0.3) is 22.4 Å². The number of fused-ring (bicyclic) bond motifs is 1. The molecule has 202 valence electrons. The Hall–Kier alpha value is -4.81. The van der Waals surface area contributed by atoms with Gasteiger partial charge < -0.3 is 15.0 Å². The van der Waals surface area contributed by atoms with E-state index in [1.165, 1.54) is 36.4 Å². The molecule has 0 saturated carbocycles. The second kappa shape index (κ2) is 11.1. The summed E-state index contributed by atoms with van der Waals surface area (Å²) >= 11 is 5.66. The van der Waals surface area contributed by atoms with Gasteiger partial charge in [0.15, 0.2) is 17.6 Å². The Morgan fingerprint density at radius 3 is 2.40 bits per heavy atom. The number of aryl methyl sites for hydroxylation is 1. The van der Waals surface area contributed by atoms with Gasteiger partial charge in [0.2, 0.25) is 0 Å². The average molecular weight is 577 g/mol. The van der Waals surface area contributed by atoms with Crippen LogP contribution in [0.15, 0.2) is 83.8 Å². The van der Waals surface area contributed by atoms with Gasteiger partial charge in [-0.3, -0.25) is 9.52 Å². The smallest absolute Gasteiger partial charge is 0.338 e. The number of carbonyl (C=O) groups is 2. The van der Waals surface area contributed by atoms with E-state index in [1.807, 2.05) is 31.2 Å². The zero-order chi connectivity index (χ0) is 28.3. The van der Waals surface area contributed by atoms with Gasteiger partial charge >= 0.3 is 5.97 Å². The first kappa shape index (κ1) is 26.8. The number of hydrogen-bond acceptors (Lipinski definition) is 8. The van der Waals surface area contributed by atoms with Gasteiger partial charge in [0.05, 0.1) is 21.5 Å². The van der Waals surface area contributed by atoms with E-state index in [1.54, 1.807) is 18.2 Å². The summed E-state index contributed by atoms with van der Waals surface area (Å²) in [7, 11) is -3.94. The van der Waals surface area contributed by atoms with Crippen LogP contribution in [-0.2, 0) is 19.6 Å². The highest BCUT2D eigenvalue weighted by atomic mass is 35.5. The Morgan fingerprint density at radius 2 is 1.70 bits per heavy atom. The van der Waals surface area contributed by atoms with Crippen molar-refractivity contribution in [2.45, 2.75) is 11.8 Å². The summed E-state index contributed by atoms with van der Waals surface area (Å²) in [6.45, 7) is 1.47. The van der Waals surface area contributed by atoms with Crippen molar-refractivity contribution < 1.29 is 22.7 Å². The van der Waals surface area contributed by atoms with Crippen molar-refractivity contribution in [2.75, 3.05) is 16.6 Å². The van der Waals surface area contributed by atoms with Gasteiger partial charge in [-0.25, -0.2) is 18.2 Å². The van der Waals surface area contributed by atoms with E-state index in [-0.39, 0.29) is 21.4 Å². The minimum absolute atomic E-state index is 0.00183. The normalized spacial score (nSPS) is 11.2. The number of esters is 1. The van der Waals surface area contributed by atoms with Crippen molar-refractivity contribution in [2.24, 2.45) is 0 Å². The molecule has 11 nitrogen and oxygen atoms in total. The molecular weight excluding hydrogens is 556 g/mol. The van der Waals surface area contributed by atoms with E-state index in [0.717, 1.165) is 11.1 Å². The van der Waals surface area contributed by atoms with Crippen LogP contribution in [-0.4, -0.2) is 47.1 Å². The predicted molar refractivity (Wildman–Crippen MR) is 149 cm³/mol. The van der Waals surface area contributed by atoms with Gasteiger partial charge in [-0.1, -0.05) is 41.4 Å². The van der Waals surface area contributed by atoms with E-state index in [9.17, 15) is 18.0 Å². The molecule has 0 atom stereocenters. The monoisotopic (exact) mass is 576 g/mol. The van der Waals surface area contributed by atoms with Crippen molar-refractivity contribution >= 4 is 56.0 Å². The quantitative estimate of drug-likeness (QED) is 0.227. The van der Waals surface area contributed by atoms with Crippen LogP contribution in [0.1, 0.15) is 15.9 Å². The van der Waals surface area contributed by atoms with Crippen molar-refractivity contribution in [3.8, 4) is 11.4 Å². The summed E-state index contributed by atoms with van der Waals surface area (Å²) in [5.74, 6) is -0.598. The van der Waals surface area contributed by atoms with Gasteiger partial charge in [0.1, 0.15) is 5.82 Å². The van der Waals surface area contributed by atoms with E-state index in [4.69, 9.17) is 16.3 Å². The summed E-state index contributed by atoms with van der Waals surface area (Å²) in [6, 6.07) is 21.0. The number of imidazole rings is 1. The Morgan fingerprint density at radius 1 is 0.950 bits per heavy atom. The number of anilines is 2. The summed E-state index contributed by atoms with van der Waals surface area (Å²) in [5, 5.41) is 9.92. The number of carbonyl (C=O) groups excluding carboxylic acids is 2. The molecule has 0 saturated heterocycles. The fraction of sp³-hybridized carbons (Fsp3) is 0.0741. The predicted octanol–water partition coefficient (Wildman–Crippen LogP) is 4.58. The van der Waals surface area contributed by atoms with Crippen molar-refractivity contribution in [1.29, 1.82) is 0 Å². The fourth-order valence-electron chi connectivity index (χ4n) is 3.68. The summed E-state index contributed by atoms with van der Waals surface area (Å²) in [6.07, 6.45) is 0. The van der Waals surface area contributed by atoms with Crippen LogP contribution < -0.4 is 10.0 Å². The molecule has 2 heterocycles. The minimum atomic E-state index is -3.94. The summed E-state index contributed by atoms with van der Waals surface area (Å²) < 4.78 is 32.5. The van der Waals surface area contributed by atoms with Gasteiger partial charge in [0, 0.05) is 11.3 Å². The maximum absolute atomic E-state index is 12.6. The number of amides is 1. The zero-order valence-electron chi connectivity index (χ0n) is 20.9. The van der Waals surface area contributed by atoms with Crippen molar-refractivity contribution in [1.82, 2.24) is 20.2 Å². The molecule has 0 radical (unpaired) electrons. The topological polar surface area (TPSA) is 156 Å². The largest absolute Gasteiger partial charge is 0.452 e. The molecule has 3 aromatic carbocycles. The third-order valence-electron chi connectivity index (χ3n) is 5.70. The number of aromatic nitrogens is 4. The summed E-state index contributed by atoms with van der Waals surface area (Å²) in [5.41, 5.74) is 3.96. The van der Waals surface area contributed by atoms with Crippen molar-refractivity contribution in [3.63, 3.8) is 0 Å². The van der Waals surface area contributed by atoms with E-state index < -0.39 is 28.5 Å². The van der Waals surface area contributed by atoms with Gasteiger partial charge in [-0.2, -0.15) is 0 Å². The lowest BCUT2D eigenvalue weighted by Gasteiger charge is -2.09. The summed E-state index contributed by atoms with van der Waals surface area (Å²) in [4.78, 5) is 32.6. The van der Waals surface area contributed by atoms with E-state index >= 15 is 0 Å². The lowest BCUT2D eigenvalue weighted by Crippen LogP contribution is -2.21. The van der Waals surface area contributed by atoms with Crippen LogP contribution >= 0.6 is 11.6 Å². The highest BCUT2D eigenvalue weighted by Gasteiger charge is 2.16. The molecule has 0 aliphatic carbocycles. The molecule has 0 spiro atoms. The number of nitrogens with one attached hydrogen (secondary N) is 3. The molecule has 1 amide bonds. The van der Waals surface area contributed by atoms with E-state index in [2.05, 4.69) is 30.2 Å². The van der Waals surface area contributed by atoms with Gasteiger partial charge in [0.25, 0.3) is 15.9 Å². The molecule has 5 aromatic rings. The molecule has 0 aliphatic heterocycles. The highest BCUT2D eigenvalue weighted by molar-refractivity contribution is 7.92. The fourth-order valence-corrected chi connectivity index (χ4v) is 4.78. The first-order valence-corrected chi connectivity index (χ1v) is 13.7. The van der Waals surface area contributed by atoms with Crippen LogP contribution in [0.2, 0.25) is 5.15 Å². The molecule has 2 aromatic heterocycles. The molecule has 0 bridgehead atoms. The van der Waals surface area contributed by atoms with Crippen LogP contribution in [0.3, 0.4) is 0 Å². The second-order valence-corrected chi connectivity index (χ2v) is 10.7. The molecular formula is C27H21ClN6O5S. The van der Waals surface area contributed by atoms with E-state index in [0.29, 0.717) is 22.5 Å². The second-order valence-electron chi connectivity index (χ2n) is 8.68.